The third-order valence-corrected chi connectivity index (χ3v) is 2.82. The van der Waals surface area contributed by atoms with Gasteiger partial charge in [-0.2, -0.15) is 0 Å². The lowest BCUT2D eigenvalue weighted by Crippen LogP contribution is -2.39. The standard InChI is InChI=1S/C13H19N3O/c1-10-8-14-13(16-10)15-9-12(17-2)11-6-4-3-5-7-11/h3-7,10,12H,8-9H2,1-2H3,(H2,14,15,16). The molecule has 0 spiro atoms. The van der Waals surface area contributed by atoms with E-state index in [1.165, 1.54) is 5.56 Å². The number of benzene rings is 1. The summed E-state index contributed by atoms with van der Waals surface area (Å²) in [4.78, 5) is 4.36. The molecule has 4 heteroatoms. The highest BCUT2D eigenvalue weighted by molar-refractivity contribution is 5.81. The lowest BCUT2D eigenvalue weighted by atomic mass is 10.1. The van der Waals surface area contributed by atoms with Gasteiger partial charge in [-0.3, -0.25) is 4.99 Å². The fraction of sp³-hybridized carbons (Fsp3) is 0.462. The van der Waals surface area contributed by atoms with Crippen LogP contribution in [-0.4, -0.2) is 32.2 Å². The van der Waals surface area contributed by atoms with Crippen molar-refractivity contribution < 1.29 is 4.74 Å². The van der Waals surface area contributed by atoms with Crippen molar-refractivity contribution in [2.24, 2.45) is 4.99 Å². The number of hydrogen-bond acceptors (Lipinski definition) is 4. The number of hydrogen-bond donors (Lipinski definition) is 2. The van der Waals surface area contributed by atoms with Gasteiger partial charge in [-0.15, -0.1) is 0 Å². The summed E-state index contributed by atoms with van der Waals surface area (Å²) in [6.45, 7) is 3.67. The Morgan fingerprint density at radius 2 is 2.24 bits per heavy atom. The first-order valence-corrected chi connectivity index (χ1v) is 5.92. The summed E-state index contributed by atoms with van der Waals surface area (Å²) in [7, 11) is 1.73. The van der Waals surface area contributed by atoms with Crippen molar-refractivity contribution in [1.29, 1.82) is 0 Å². The second kappa shape index (κ2) is 5.68. The molecule has 1 aromatic carbocycles. The highest BCUT2D eigenvalue weighted by Crippen LogP contribution is 2.14. The molecule has 0 bridgehead atoms. The average molecular weight is 233 g/mol. The highest BCUT2D eigenvalue weighted by atomic mass is 16.5. The molecule has 1 heterocycles. The molecule has 0 saturated carbocycles. The first kappa shape index (κ1) is 11.9. The van der Waals surface area contributed by atoms with Crippen molar-refractivity contribution in [1.82, 2.24) is 10.6 Å². The van der Waals surface area contributed by atoms with Crippen molar-refractivity contribution in [3.63, 3.8) is 0 Å². The molecule has 0 aliphatic carbocycles. The van der Waals surface area contributed by atoms with E-state index in [4.69, 9.17) is 4.74 Å². The monoisotopic (exact) mass is 233 g/mol. The topological polar surface area (TPSA) is 45.6 Å². The second-order valence-electron chi connectivity index (χ2n) is 4.25. The fourth-order valence-electron chi connectivity index (χ4n) is 1.85. The van der Waals surface area contributed by atoms with Gasteiger partial charge >= 0.3 is 0 Å². The summed E-state index contributed by atoms with van der Waals surface area (Å²) in [5.41, 5.74) is 1.18. The number of methoxy groups -OCH3 is 1. The van der Waals surface area contributed by atoms with Crippen LogP contribution >= 0.6 is 0 Å². The van der Waals surface area contributed by atoms with E-state index in [0.29, 0.717) is 6.04 Å². The summed E-state index contributed by atoms with van der Waals surface area (Å²) in [5, 5.41) is 6.54. The van der Waals surface area contributed by atoms with Crippen LogP contribution in [0.2, 0.25) is 0 Å². The van der Waals surface area contributed by atoms with Gasteiger partial charge in [-0.25, -0.2) is 0 Å². The Hall–Kier alpha value is -1.55. The Morgan fingerprint density at radius 3 is 2.82 bits per heavy atom. The molecular formula is C13H19N3O. The summed E-state index contributed by atoms with van der Waals surface area (Å²) in [5.74, 6) is 0.871. The minimum Gasteiger partial charge on any atom is -0.375 e. The summed E-state index contributed by atoms with van der Waals surface area (Å²) < 4.78 is 5.48. The zero-order valence-corrected chi connectivity index (χ0v) is 10.3. The predicted octanol–water partition coefficient (Wildman–Crippen LogP) is 1.31. The average Bonchev–Trinajstić information content (AvgIpc) is 2.77. The van der Waals surface area contributed by atoms with Gasteiger partial charge in [-0.1, -0.05) is 30.3 Å². The Bertz CT molecular complexity index is 378. The molecule has 4 nitrogen and oxygen atoms in total. The van der Waals surface area contributed by atoms with Crippen LogP contribution < -0.4 is 10.6 Å². The number of ether oxygens (including phenoxy) is 1. The summed E-state index contributed by atoms with van der Waals surface area (Å²) in [6, 6.07) is 10.6. The van der Waals surface area contributed by atoms with Gasteiger partial charge in [0.05, 0.1) is 12.6 Å². The fourth-order valence-corrected chi connectivity index (χ4v) is 1.85. The van der Waals surface area contributed by atoms with Crippen LogP contribution in [-0.2, 0) is 4.74 Å². The second-order valence-corrected chi connectivity index (χ2v) is 4.25. The Kier molecular flexibility index (Phi) is 3.98. The van der Waals surface area contributed by atoms with Gasteiger partial charge in [0.25, 0.3) is 0 Å². The molecule has 1 aromatic rings. The minimum atomic E-state index is 0.0524. The van der Waals surface area contributed by atoms with Gasteiger partial charge in [0.15, 0.2) is 5.96 Å². The van der Waals surface area contributed by atoms with Crippen molar-refractivity contribution in [2.45, 2.75) is 19.1 Å². The maximum absolute atomic E-state index is 5.48. The van der Waals surface area contributed by atoms with Crippen LogP contribution in [0, 0.1) is 0 Å². The predicted molar refractivity (Wildman–Crippen MR) is 69.1 cm³/mol. The van der Waals surface area contributed by atoms with Crippen LogP contribution in [0.15, 0.2) is 35.3 Å². The molecule has 2 rings (SSSR count). The lowest BCUT2D eigenvalue weighted by Gasteiger charge is -2.17. The van der Waals surface area contributed by atoms with Crippen LogP contribution in [0.1, 0.15) is 18.6 Å². The zero-order valence-electron chi connectivity index (χ0n) is 10.3. The third kappa shape index (κ3) is 3.20. The zero-order chi connectivity index (χ0) is 12.1. The van der Waals surface area contributed by atoms with E-state index >= 15 is 0 Å². The van der Waals surface area contributed by atoms with Crippen molar-refractivity contribution >= 4 is 5.96 Å². The van der Waals surface area contributed by atoms with E-state index in [1.54, 1.807) is 7.11 Å². The highest BCUT2D eigenvalue weighted by Gasteiger charge is 2.15. The molecule has 0 amide bonds. The van der Waals surface area contributed by atoms with Crippen molar-refractivity contribution in [3.05, 3.63) is 35.9 Å². The SMILES string of the molecule is COC(CNC1=NCC(C)N1)c1ccccc1. The number of rotatable bonds is 4. The van der Waals surface area contributed by atoms with Gasteiger partial charge in [0.1, 0.15) is 0 Å². The normalized spacial score (nSPS) is 20.6. The third-order valence-electron chi connectivity index (χ3n) is 2.82. The molecule has 92 valence electrons. The minimum absolute atomic E-state index is 0.0524. The summed E-state index contributed by atoms with van der Waals surface area (Å²) >= 11 is 0. The van der Waals surface area contributed by atoms with Crippen molar-refractivity contribution in [2.75, 3.05) is 20.2 Å². The maximum atomic E-state index is 5.48. The van der Waals surface area contributed by atoms with E-state index < -0.39 is 0 Å². The molecule has 2 unspecified atom stereocenters. The Morgan fingerprint density at radius 1 is 1.47 bits per heavy atom. The van der Waals surface area contributed by atoms with Crippen LogP contribution in [0.5, 0.6) is 0 Å². The van der Waals surface area contributed by atoms with Crippen LogP contribution in [0.3, 0.4) is 0 Å². The number of aliphatic imine (C=N–C) groups is 1. The molecular weight excluding hydrogens is 214 g/mol. The number of nitrogens with zero attached hydrogens (tertiary/aromatic N) is 1. The Labute approximate surface area is 102 Å². The molecule has 1 aliphatic heterocycles. The van der Waals surface area contributed by atoms with Crippen molar-refractivity contribution in [3.8, 4) is 0 Å². The van der Waals surface area contributed by atoms with E-state index in [1.807, 2.05) is 18.2 Å². The molecule has 17 heavy (non-hydrogen) atoms. The van der Waals surface area contributed by atoms with Gasteiger partial charge < -0.3 is 15.4 Å². The molecule has 0 aromatic heterocycles. The molecule has 2 atom stereocenters. The molecule has 1 aliphatic rings. The largest absolute Gasteiger partial charge is 0.375 e. The van der Waals surface area contributed by atoms with E-state index in [9.17, 15) is 0 Å². The quantitative estimate of drug-likeness (QED) is 0.824. The first-order chi connectivity index (χ1) is 8.29. The van der Waals surface area contributed by atoms with Crippen LogP contribution in [0.4, 0.5) is 0 Å². The molecule has 2 N–H and O–H groups in total. The Balaban J connectivity index is 1.88. The number of nitrogens with one attached hydrogen (secondary N) is 2. The van der Waals surface area contributed by atoms with Crippen LogP contribution in [0.25, 0.3) is 0 Å². The number of guanidine groups is 1. The lowest BCUT2D eigenvalue weighted by molar-refractivity contribution is 0.106. The molecule has 0 fully saturated rings. The smallest absolute Gasteiger partial charge is 0.191 e. The van der Waals surface area contributed by atoms with E-state index in [0.717, 1.165) is 19.0 Å². The van der Waals surface area contributed by atoms with Gasteiger partial charge in [0, 0.05) is 19.7 Å². The summed E-state index contributed by atoms with van der Waals surface area (Å²) in [6.07, 6.45) is 0.0524. The van der Waals surface area contributed by atoms with E-state index in [2.05, 4.69) is 34.7 Å². The first-order valence-electron chi connectivity index (χ1n) is 5.92. The van der Waals surface area contributed by atoms with Gasteiger partial charge in [-0.05, 0) is 12.5 Å². The maximum Gasteiger partial charge on any atom is 0.191 e. The van der Waals surface area contributed by atoms with E-state index in [-0.39, 0.29) is 6.10 Å². The molecule has 0 saturated heterocycles. The van der Waals surface area contributed by atoms with Gasteiger partial charge in [0.2, 0.25) is 0 Å². The molecule has 0 radical (unpaired) electrons.